The van der Waals surface area contributed by atoms with Crippen LogP contribution in [0, 0.1) is 0 Å². The Kier molecular flexibility index (Phi) is 4.41. The van der Waals surface area contributed by atoms with Gasteiger partial charge >= 0.3 is 6.03 Å². The molecule has 1 aliphatic rings. The summed E-state index contributed by atoms with van der Waals surface area (Å²) in [5.41, 5.74) is 1.86. The number of nitrogens with one attached hydrogen (secondary N) is 3. The van der Waals surface area contributed by atoms with E-state index in [1.165, 1.54) is 0 Å². The molecule has 0 saturated heterocycles. The first-order valence-electron chi connectivity index (χ1n) is 6.31. The maximum absolute atomic E-state index is 11.5. The number of urea groups is 1. The van der Waals surface area contributed by atoms with Crippen LogP contribution in [0.5, 0.6) is 5.75 Å². The molecule has 2 amide bonds. The molecule has 0 atom stereocenters. The minimum atomic E-state index is -0.167. The van der Waals surface area contributed by atoms with E-state index in [1.54, 1.807) is 0 Å². The largest absolute Gasteiger partial charge is 0.492 e. The second-order valence-corrected chi connectivity index (χ2v) is 4.23. The van der Waals surface area contributed by atoms with Crippen molar-refractivity contribution in [1.29, 1.82) is 0 Å². The van der Waals surface area contributed by atoms with E-state index in [9.17, 15) is 4.79 Å². The number of ether oxygens (including phenoxy) is 1. The lowest BCUT2D eigenvalue weighted by Crippen LogP contribution is -2.29. The van der Waals surface area contributed by atoms with Crippen LogP contribution < -0.4 is 20.7 Å². The molecule has 98 valence electrons. The molecule has 1 aromatic rings. The molecule has 0 radical (unpaired) electrons. The lowest BCUT2D eigenvalue weighted by molar-refractivity contribution is 0.252. The Hall–Kier alpha value is -1.75. The molecular formula is C13H19N3O2. The number of anilines is 1. The van der Waals surface area contributed by atoms with E-state index in [4.69, 9.17) is 4.74 Å². The van der Waals surface area contributed by atoms with Gasteiger partial charge in [0.25, 0.3) is 0 Å². The second-order valence-electron chi connectivity index (χ2n) is 4.23. The summed E-state index contributed by atoms with van der Waals surface area (Å²) >= 11 is 0. The molecular weight excluding hydrogens is 230 g/mol. The van der Waals surface area contributed by atoms with E-state index in [1.807, 2.05) is 25.1 Å². The van der Waals surface area contributed by atoms with Crippen LogP contribution in [0.3, 0.4) is 0 Å². The summed E-state index contributed by atoms with van der Waals surface area (Å²) in [6, 6.07) is 5.53. The molecule has 0 saturated carbocycles. The van der Waals surface area contributed by atoms with Crippen LogP contribution in [0.25, 0.3) is 0 Å². The zero-order chi connectivity index (χ0) is 12.8. The Labute approximate surface area is 107 Å². The maximum atomic E-state index is 11.5. The SMILES string of the molecule is CCCNC(=O)Nc1ccc2c(c1)CNCCO2. The molecule has 0 aliphatic carbocycles. The first kappa shape index (κ1) is 12.7. The first-order valence-corrected chi connectivity index (χ1v) is 6.31. The van der Waals surface area contributed by atoms with Gasteiger partial charge in [0, 0.05) is 30.9 Å². The van der Waals surface area contributed by atoms with Gasteiger partial charge in [-0.3, -0.25) is 0 Å². The summed E-state index contributed by atoms with van der Waals surface area (Å²) in [6.45, 7) is 4.99. The number of fused-ring (bicyclic) bond motifs is 1. The monoisotopic (exact) mass is 249 g/mol. The van der Waals surface area contributed by atoms with Gasteiger partial charge in [-0.05, 0) is 24.6 Å². The van der Waals surface area contributed by atoms with Crippen molar-refractivity contribution in [2.75, 3.05) is 25.0 Å². The third kappa shape index (κ3) is 3.37. The number of amides is 2. The summed E-state index contributed by atoms with van der Waals surface area (Å²) in [7, 11) is 0. The van der Waals surface area contributed by atoms with Gasteiger partial charge in [0.05, 0.1) is 0 Å². The standard InChI is InChI=1S/C13H19N3O2/c1-2-5-15-13(17)16-11-3-4-12-10(8-11)9-14-6-7-18-12/h3-4,8,14H,2,5-7,9H2,1H3,(H2,15,16,17). The van der Waals surface area contributed by atoms with Gasteiger partial charge in [0.1, 0.15) is 12.4 Å². The third-order valence-electron chi connectivity index (χ3n) is 2.71. The van der Waals surface area contributed by atoms with Crippen LogP contribution in [0.1, 0.15) is 18.9 Å². The summed E-state index contributed by atoms with van der Waals surface area (Å²) in [4.78, 5) is 11.5. The van der Waals surface area contributed by atoms with Crippen molar-refractivity contribution in [2.45, 2.75) is 19.9 Å². The lowest BCUT2D eigenvalue weighted by atomic mass is 10.1. The molecule has 1 heterocycles. The number of benzene rings is 1. The van der Waals surface area contributed by atoms with Crippen molar-refractivity contribution < 1.29 is 9.53 Å². The second kappa shape index (κ2) is 6.26. The van der Waals surface area contributed by atoms with E-state index in [-0.39, 0.29) is 6.03 Å². The molecule has 18 heavy (non-hydrogen) atoms. The normalized spacial score (nSPS) is 14.1. The Morgan fingerprint density at radius 2 is 2.39 bits per heavy atom. The highest BCUT2D eigenvalue weighted by molar-refractivity contribution is 5.89. The van der Waals surface area contributed by atoms with Gasteiger partial charge in [-0.1, -0.05) is 6.92 Å². The van der Waals surface area contributed by atoms with Crippen LogP contribution in [0.4, 0.5) is 10.5 Å². The molecule has 0 unspecified atom stereocenters. The molecule has 0 bridgehead atoms. The fourth-order valence-corrected chi connectivity index (χ4v) is 1.81. The Morgan fingerprint density at radius 3 is 3.22 bits per heavy atom. The minimum Gasteiger partial charge on any atom is -0.492 e. The molecule has 3 N–H and O–H groups in total. The smallest absolute Gasteiger partial charge is 0.319 e. The predicted molar refractivity (Wildman–Crippen MR) is 71.0 cm³/mol. The summed E-state index contributed by atoms with van der Waals surface area (Å²) in [6.07, 6.45) is 0.926. The molecule has 1 aliphatic heterocycles. The van der Waals surface area contributed by atoms with Crippen molar-refractivity contribution in [2.24, 2.45) is 0 Å². The van der Waals surface area contributed by atoms with Crippen LogP contribution in [-0.4, -0.2) is 25.7 Å². The average molecular weight is 249 g/mol. The lowest BCUT2D eigenvalue weighted by Gasteiger charge is -2.10. The van der Waals surface area contributed by atoms with E-state index in [0.717, 1.165) is 36.5 Å². The van der Waals surface area contributed by atoms with E-state index >= 15 is 0 Å². The fourth-order valence-electron chi connectivity index (χ4n) is 1.81. The summed E-state index contributed by atoms with van der Waals surface area (Å²) in [5, 5.41) is 8.86. The van der Waals surface area contributed by atoms with Crippen molar-refractivity contribution in [3.8, 4) is 5.75 Å². The van der Waals surface area contributed by atoms with Crippen LogP contribution in [0.2, 0.25) is 0 Å². The zero-order valence-electron chi connectivity index (χ0n) is 10.6. The molecule has 0 spiro atoms. The quantitative estimate of drug-likeness (QED) is 0.764. The number of carbonyl (C=O) groups is 1. The highest BCUT2D eigenvalue weighted by Gasteiger charge is 2.09. The number of rotatable bonds is 3. The van der Waals surface area contributed by atoms with Crippen molar-refractivity contribution in [3.05, 3.63) is 23.8 Å². The Morgan fingerprint density at radius 1 is 1.50 bits per heavy atom. The van der Waals surface area contributed by atoms with E-state index < -0.39 is 0 Å². The van der Waals surface area contributed by atoms with Crippen molar-refractivity contribution in [3.63, 3.8) is 0 Å². The molecule has 0 fully saturated rings. The predicted octanol–water partition coefficient (Wildman–Crippen LogP) is 1.70. The van der Waals surface area contributed by atoms with Gasteiger partial charge < -0.3 is 20.7 Å². The summed E-state index contributed by atoms with van der Waals surface area (Å²) in [5.74, 6) is 0.888. The Bertz CT molecular complexity index is 421. The highest BCUT2D eigenvalue weighted by Crippen LogP contribution is 2.23. The van der Waals surface area contributed by atoms with Gasteiger partial charge in [-0.2, -0.15) is 0 Å². The molecule has 2 rings (SSSR count). The zero-order valence-corrected chi connectivity index (χ0v) is 10.6. The third-order valence-corrected chi connectivity index (χ3v) is 2.71. The van der Waals surface area contributed by atoms with Crippen LogP contribution in [-0.2, 0) is 6.54 Å². The van der Waals surface area contributed by atoms with Crippen molar-refractivity contribution >= 4 is 11.7 Å². The first-order chi connectivity index (χ1) is 8.79. The topological polar surface area (TPSA) is 62.4 Å². The number of hydrogen-bond donors (Lipinski definition) is 3. The average Bonchev–Trinajstić information content (AvgIpc) is 2.61. The molecule has 1 aromatic carbocycles. The molecule has 5 heteroatoms. The van der Waals surface area contributed by atoms with Gasteiger partial charge in [-0.15, -0.1) is 0 Å². The van der Waals surface area contributed by atoms with Crippen molar-refractivity contribution in [1.82, 2.24) is 10.6 Å². The molecule has 0 aromatic heterocycles. The fraction of sp³-hybridized carbons (Fsp3) is 0.462. The number of carbonyl (C=O) groups excluding carboxylic acids is 1. The molecule has 5 nitrogen and oxygen atoms in total. The van der Waals surface area contributed by atoms with E-state index in [0.29, 0.717) is 13.2 Å². The van der Waals surface area contributed by atoms with Gasteiger partial charge in [0.15, 0.2) is 0 Å². The minimum absolute atomic E-state index is 0.167. The van der Waals surface area contributed by atoms with Crippen LogP contribution in [0.15, 0.2) is 18.2 Å². The van der Waals surface area contributed by atoms with E-state index in [2.05, 4.69) is 16.0 Å². The van der Waals surface area contributed by atoms with Crippen LogP contribution >= 0.6 is 0 Å². The summed E-state index contributed by atoms with van der Waals surface area (Å²) < 4.78 is 5.58. The maximum Gasteiger partial charge on any atom is 0.319 e. The van der Waals surface area contributed by atoms with Gasteiger partial charge in [-0.25, -0.2) is 4.79 Å². The van der Waals surface area contributed by atoms with Gasteiger partial charge in [0.2, 0.25) is 0 Å². The highest BCUT2D eigenvalue weighted by atomic mass is 16.5. The Balaban J connectivity index is 2.01. The number of hydrogen-bond acceptors (Lipinski definition) is 3.